The van der Waals surface area contributed by atoms with E-state index < -0.39 is 12.1 Å². The van der Waals surface area contributed by atoms with Gasteiger partial charge < -0.3 is 14.6 Å². The van der Waals surface area contributed by atoms with Crippen LogP contribution < -0.4 is 31.3 Å². The van der Waals surface area contributed by atoms with Gasteiger partial charge in [-0.1, -0.05) is 25.7 Å². The van der Waals surface area contributed by atoms with Crippen LogP contribution in [-0.2, 0) is 14.4 Å². The largest absolute Gasteiger partial charge is 0.494 e. The molecule has 3 amide bonds. The van der Waals surface area contributed by atoms with Gasteiger partial charge in [0.15, 0.2) is 0 Å². The summed E-state index contributed by atoms with van der Waals surface area (Å²) >= 11 is 0. The molecule has 7 N–H and O–H groups in total. The Labute approximate surface area is 294 Å². The summed E-state index contributed by atoms with van der Waals surface area (Å²) in [5.74, 6) is 0.645. The Morgan fingerprint density at radius 2 is 1.00 bits per heavy atom. The van der Waals surface area contributed by atoms with Crippen LogP contribution in [0.3, 0.4) is 0 Å². The average Bonchev–Trinajstić information content (AvgIpc) is 3.13. The first kappa shape index (κ1) is 41.6. The Bertz CT molecular complexity index is 1270. The van der Waals surface area contributed by atoms with Crippen molar-refractivity contribution in [2.75, 3.05) is 13.2 Å². The second-order valence-corrected chi connectivity index (χ2v) is 11.9. The number of carbonyl (C=O) groups is 3. The number of nitrogens with zero attached hydrogens (tertiary/aromatic N) is 2. The van der Waals surface area contributed by atoms with Crippen LogP contribution in [0.5, 0.6) is 11.5 Å². The molecule has 0 spiro atoms. The van der Waals surface area contributed by atoms with Crippen molar-refractivity contribution in [3.8, 4) is 11.5 Å². The number of ether oxygens (including phenoxy) is 2. The van der Waals surface area contributed by atoms with Crippen molar-refractivity contribution >= 4 is 30.2 Å². The van der Waals surface area contributed by atoms with Gasteiger partial charge >= 0.3 is 0 Å². The van der Waals surface area contributed by atoms with Crippen molar-refractivity contribution in [2.45, 2.75) is 109 Å². The summed E-state index contributed by atoms with van der Waals surface area (Å²) < 4.78 is 11.7. The maximum absolute atomic E-state index is 11.9. The van der Waals surface area contributed by atoms with Crippen molar-refractivity contribution < 1.29 is 39.4 Å². The molecule has 14 heteroatoms. The summed E-state index contributed by atoms with van der Waals surface area (Å²) in [5, 5.41) is 35.0. The zero-order valence-corrected chi connectivity index (χ0v) is 28.9. The van der Waals surface area contributed by atoms with Gasteiger partial charge in [0.25, 0.3) is 0 Å². The molecule has 276 valence electrons. The number of unbranched alkanes of at least 4 members (excludes halogenated alkanes) is 9. The van der Waals surface area contributed by atoms with Gasteiger partial charge in [0.2, 0.25) is 17.7 Å². The fraction of sp³-hybridized carbons (Fsp3) is 0.528. The van der Waals surface area contributed by atoms with E-state index in [9.17, 15) is 19.5 Å². The second-order valence-electron chi connectivity index (χ2n) is 11.9. The van der Waals surface area contributed by atoms with E-state index in [0.717, 1.165) is 80.4 Å². The van der Waals surface area contributed by atoms with Crippen molar-refractivity contribution in [1.82, 2.24) is 21.8 Å². The van der Waals surface area contributed by atoms with Gasteiger partial charge in [-0.2, -0.15) is 10.2 Å². The van der Waals surface area contributed by atoms with Crippen LogP contribution in [0.15, 0.2) is 58.7 Å². The Morgan fingerprint density at radius 3 is 1.48 bits per heavy atom. The third-order valence-corrected chi connectivity index (χ3v) is 7.61. The minimum atomic E-state index is -0.737. The van der Waals surface area contributed by atoms with Gasteiger partial charge in [-0.15, -0.1) is 0 Å². The second kappa shape index (κ2) is 27.3. The summed E-state index contributed by atoms with van der Waals surface area (Å²) in [6.07, 6.45) is 14.2. The Kier molecular flexibility index (Phi) is 22.7. The van der Waals surface area contributed by atoms with Gasteiger partial charge in [0.1, 0.15) is 17.7 Å². The number of hydrogen-bond acceptors (Lipinski definition) is 11. The maximum Gasteiger partial charge on any atom is 0.243 e. The monoisotopic (exact) mass is 698 g/mol. The summed E-state index contributed by atoms with van der Waals surface area (Å²) in [4.78, 5) is 33.8. The number of carbonyl (C=O) groups excluding carboxylic acids is 3. The van der Waals surface area contributed by atoms with Crippen LogP contribution in [0, 0.1) is 0 Å². The molecule has 0 aliphatic carbocycles. The van der Waals surface area contributed by atoms with Crippen molar-refractivity contribution in [3.05, 3.63) is 59.7 Å². The molecule has 2 aromatic rings. The number of rotatable bonds is 28. The molecule has 0 aliphatic heterocycles. The highest BCUT2D eigenvalue weighted by Crippen LogP contribution is 2.14. The van der Waals surface area contributed by atoms with E-state index in [1.54, 1.807) is 23.4 Å². The fourth-order valence-electron chi connectivity index (χ4n) is 4.75. The first-order valence-corrected chi connectivity index (χ1v) is 17.5. The number of hydrazone groups is 2. The Morgan fingerprint density at radius 1 is 0.580 bits per heavy atom. The summed E-state index contributed by atoms with van der Waals surface area (Å²) in [6.45, 7) is 1.26. The molecule has 0 heterocycles. The number of nitrogens with one attached hydrogen (secondary N) is 4. The Hall–Kier alpha value is -4.53. The Balaban J connectivity index is 1.46. The van der Waals surface area contributed by atoms with Crippen LogP contribution in [-0.4, -0.2) is 65.1 Å². The molecule has 1 atom stereocenters. The number of hydrogen-bond donors (Lipinski definition) is 7. The van der Waals surface area contributed by atoms with Gasteiger partial charge in [0.05, 0.1) is 25.6 Å². The first-order valence-electron chi connectivity index (χ1n) is 17.5. The van der Waals surface area contributed by atoms with Crippen LogP contribution in [0.1, 0.15) is 114 Å². The molecule has 0 aliphatic rings. The minimum Gasteiger partial charge on any atom is -0.494 e. The van der Waals surface area contributed by atoms with Gasteiger partial charge in [-0.25, -0.2) is 16.4 Å². The SMILES string of the molecule is O=C(CCCCCCC(=O)N/N=C/c1ccc(OCCCCCCOc2ccc(/C=N/NC(O)CCCCCCC(=O)NO)cc2)cc1)NO. The smallest absolute Gasteiger partial charge is 0.243 e. The van der Waals surface area contributed by atoms with E-state index >= 15 is 0 Å². The highest BCUT2D eigenvalue weighted by molar-refractivity contribution is 5.82. The molecule has 0 saturated carbocycles. The average molecular weight is 699 g/mol. The molecular weight excluding hydrogens is 644 g/mol. The van der Waals surface area contributed by atoms with Crippen LogP contribution >= 0.6 is 0 Å². The maximum atomic E-state index is 11.9. The topological polar surface area (TPSA) is 203 Å². The first-order chi connectivity index (χ1) is 24.4. The van der Waals surface area contributed by atoms with Crippen molar-refractivity contribution in [1.29, 1.82) is 0 Å². The van der Waals surface area contributed by atoms with E-state index in [0.29, 0.717) is 51.7 Å². The molecule has 0 radical (unpaired) electrons. The highest BCUT2D eigenvalue weighted by Gasteiger charge is 2.04. The normalized spacial score (nSPS) is 11.7. The lowest BCUT2D eigenvalue weighted by Crippen LogP contribution is -2.23. The van der Waals surface area contributed by atoms with Crippen molar-refractivity contribution in [3.63, 3.8) is 0 Å². The lowest BCUT2D eigenvalue weighted by atomic mass is 10.1. The molecule has 0 fully saturated rings. The summed E-state index contributed by atoms with van der Waals surface area (Å²) in [7, 11) is 0. The van der Waals surface area contributed by atoms with E-state index in [1.165, 1.54) is 0 Å². The van der Waals surface area contributed by atoms with E-state index in [4.69, 9.17) is 19.9 Å². The molecule has 2 aromatic carbocycles. The third kappa shape index (κ3) is 21.4. The number of amides is 3. The lowest BCUT2D eigenvalue weighted by molar-refractivity contribution is -0.130. The summed E-state index contributed by atoms with van der Waals surface area (Å²) in [6, 6.07) is 15.1. The number of hydroxylamine groups is 2. The number of aliphatic hydroxyl groups excluding tert-OH is 1. The summed E-state index contributed by atoms with van der Waals surface area (Å²) in [5.41, 5.74) is 10.2. The van der Waals surface area contributed by atoms with E-state index in [2.05, 4.69) is 21.1 Å². The molecule has 0 bridgehead atoms. The van der Waals surface area contributed by atoms with E-state index in [-0.39, 0.29) is 18.2 Å². The van der Waals surface area contributed by atoms with Crippen LogP contribution in [0.25, 0.3) is 0 Å². The lowest BCUT2D eigenvalue weighted by Gasteiger charge is -2.09. The molecule has 14 nitrogen and oxygen atoms in total. The number of benzene rings is 2. The van der Waals surface area contributed by atoms with Crippen LogP contribution in [0.2, 0.25) is 0 Å². The molecule has 0 aromatic heterocycles. The standard InChI is InChI=1S/C36H54N6O8/c43-33(13-7-1-3-9-15-35(45)41-47)39-37-27-29-17-21-31(22-18-29)49-25-11-5-6-12-26-50-32-23-19-30(20-24-32)28-38-40-34(44)14-8-2-4-10-16-36(46)42-48/h17-24,27-28,33,39,43,47-48H,1-16,25-26H2,(H,40,44)(H,41,45)(H,42,46)/b37-27+,38-28+. The minimum absolute atomic E-state index is 0.157. The molecular formula is C36H54N6O8. The zero-order valence-electron chi connectivity index (χ0n) is 28.9. The van der Waals surface area contributed by atoms with Crippen LogP contribution in [0.4, 0.5) is 0 Å². The quantitative estimate of drug-likeness (QED) is 0.0208. The van der Waals surface area contributed by atoms with Gasteiger partial charge in [-0.3, -0.25) is 30.2 Å². The molecule has 2 rings (SSSR count). The fourth-order valence-corrected chi connectivity index (χ4v) is 4.75. The number of aliphatic hydroxyl groups is 1. The van der Waals surface area contributed by atoms with Gasteiger partial charge in [0, 0.05) is 19.3 Å². The van der Waals surface area contributed by atoms with Crippen molar-refractivity contribution in [2.24, 2.45) is 10.2 Å². The molecule has 1 unspecified atom stereocenters. The molecule has 50 heavy (non-hydrogen) atoms. The van der Waals surface area contributed by atoms with E-state index in [1.807, 2.05) is 48.5 Å². The predicted octanol–water partition coefficient (Wildman–Crippen LogP) is 5.09. The third-order valence-electron chi connectivity index (χ3n) is 7.61. The predicted molar refractivity (Wildman–Crippen MR) is 190 cm³/mol. The van der Waals surface area contributed by atoms with Gasteiger partial charge in [-0.05, 0) is 117 Å². The highest BCUT2D eigenvalue weighted by atomic mass is 16.5. The zero-order chi connectivity index (χ0) is 36.1. The molecule has 0 saturated heterocycles.